The van der Waals surface area contributed by atoms with E-state index < -0.39 is 29.3 Å². The molecule has 2 amide bonds. The van der Waals surface area contributed by atoms with E-state index in [1.807, 2.05) is 70.1 Å². The van der Waals surface area contributed by atoms with E-state index in [1.165, 1.54) is 0 Å². The highest BCUT2D eigenvalue weighted by Gasteiger charge is 2.37. The van der Waals surface area contributed by atoms with E-state index in [2.05, 4.69) is 43.5 Å². The minimum absolute atomic E-state index is 0.148. The fraction of sp³-hybridized carbons (Fsp3) is 0.590. The Morgan fingerprint density at radius 1 is 1.10 bits per heavy atom. The van der Waals surface area contributed by atoms with Gasteiger partial charge in [0.1, 0.15) is 11.3 Å². The molecule has 48 heavy (non-hydrogen) atoms. The van der Waals surface area contributed by atoms with Gasteiger partial charge in [0.15, 0.2) is 0 Å². The predicted molar refractivity (Wildman–Crippen MR) is 192 cm³/mol. The van der Waals surface area contributed by atoms with Crippen LogP contribution in [0.4, 0.5) is 0 Å². The summed E-state index contributed by atoms with van der Waals surface area (Å²) in [4.78, 5) is 28.0. The molecule has 5 unspecified atom stereocenters. The molecule has 1 aliphatic heterocycles. The van der Waals surface area contributed by atoms with E-state index in [1.54, 1.807) is 13.8 Å². The third kappa shape index (κ3) is 9.91. The Balaban J connectivity index is 1.80. The minimum atomic E-state index is -1.06. The second-order valence-corrected chi connectivity index (χ2v) is 15.0. The smallest absolute Gasteiger partial charge is 0.245 e. The van der Waals surface area contributed by atoms with Gasteiger partial charge in [-0.3, -0.25) is 9.59 Å². The maximum Gasteiger partial charge on any atom is 0.245 e. The van der Waals surface area contributed by atoms with Crippen LogP contribution in [0.2, 0.25) is 0 Å². The number of ether oxygens (including phenoxy) is 1. The van der Waals surface area contributed by atoms with Crippen molar-refractivity contribution in [1.82, 2.24) is 15.5 Å². The lowest BCUT2D eigenvalue weighted by Gasteiger charge is -2.38. The lowest BCUT2D eigenvalue weighted by Crippen LogP contribution is -2.57. The molecule has 0 radical (unpaired) electrons. The Kier molecular flexibility index (Phi) is 13.4. The van der Waals surface area contributed by atoms with Crippen LogP contribution in [0.3, 0.4) is 0 Å². The number of amides is 2. The van der Waals surface area contributed by atoms with Crippen LogP contribution in [0.15, 0.2) is 36.4 Å². The van der Waals surface area contributed by atoms with Gasteiger partial charge in [-0.15, -0.1) is 0 Å². The van der Waals surface area contributed by atoms with Crippen molar-refractivity contribution in [2.24, 2.45) is 11.3 Å². The zero-order chi connectivity index (χ0) is 36.0. The van der Waals surface area contributed by atoms with E-state index in [-0.39, 0.29) is 36.0 Å². The van der Waals surface area contributed by atoms with Crippen LogP contribution in [0.5, 0.6) is 5.75 Å². The van der Waals surface area contributed by atoms with Crippen molar-refractivity contribution in [2.45, 2.75) is 104 Å². The summed E-state index contributed by atoms with van der Waals surface area (Å²) >= 11 is 0. The highest BCUT2D eigenvalue weighted by Crippen LogP contribution is 2.41. The molecule has 0 spiro atoms. The van der Waals surface area contributed by atoms with Crippen LogP contribution in [0.25, 0.3) is 6.08 Å². The second kappa shape index (κ2) is 16.4. The molecule has 1 saturated heterocycles. The van der Waals surface area contributed by atoms with Crippen molar-refractivity contribution in [2.75, 3.05) is 33.8 Å². The first kappa shape index (κ1) is 39.2. The molecule has 9 nitrogen and oxygen atoms in total. The summed E-state index contributed by atoms with van der Waals surface area (Å²) in [6.07, 6.45) is 4.06. The van der Waals surface area contributed by atoms with Gasteiger partial charge in [-0.1, -0.05) is 51.1 Å². The number of hydrogen-bond acceptors (Lipinski definition) is 7. The second-order valence-electron chi connectivity index (χ2n) is 15.0. The van der Waals surface area contributed by atoms with Gasteiger partial charge >= 0.3 is 0 Å². The number of rotatable bonds is 14. The number of phenolic OH excluding ortho intramolecular Hbond substituents is 1. The molecule has 2 aromatic carbocycles. The summed E-state index contributed by atoms with van der Waals surface area (Å²) < 4.78 is 6.16. The minimum Gasteiger partial charge on any atom is -0.508 e. The van der Waals surface area contributed by atoms with E-state index in [0.29, 0.717) is 31.5 Å². The van der Waals surface area contributed by atoms with Gasteiger partial charge < -0.3 is 35.6 Å². The number of nitrogens with one attached hydrogen (secondary N) is 2. The lowest BCUT2D eigenvalue weighted by molar-refractivity contribution is -0.147. The summed E-state index contributed by atoms with van der Waals surface area (Å²) in [6, 6.07) is 10.1. The fourth-order valence-corrected chi connectivity index (χ4v) is 5.96. The van der Waals surface area contributed by atoms with Crippen molar-refractivity contribution in [1.29, 1.82) is 0 Å². The Bertz CT molecular complexity index is 1450. The average molecular weight is 666 g/mol. The number of aliphatic hydroxyl groups is 2. The van der Waals surface area contributed by atoms with E-state index in [9.17, 15) is 24.9 Å². The number of phenols is 1. The number of aliphatic hydroxyl groups excluding tert-OH is 2. The first-order valence-electron chi connectivity index (χ1n) is 17.2. The number of carbonyl (C=O) groups is 2. The highest BCUT2D eigenvalue weighted by atomic mass is 16.5. The van der Waals surface area contributed by atoms with Crippen LogP contribution < -0.4 is 10.6 Å². The Morgan fingerprint density at radius 2 is 1.79 bits per heavy atom. The predicted octanol–water partition coefficient (Wildman–Crippen LogP) is 5.24. The Hall–Kier alpha value is -3.24. The largest absolute Gasteiger partial charge is 0.508 e. The van der Waals surface area contributed by atoms with Gasteiger partial charge in [0.2, 0.25) is 11.8 Å². The standard InChI is InChI=1S/C39H59N3O6/c1-11-24(2)30-21-33(45)31(34-22-32(44)26(4)35(23-43)48-34)20-29(30)19-28-13-12-27(18-25(28)3)14-15-38(5,6)36(46)41-39(7,8)37(47)40-16-17-42(9)10/h12-15,18,20-21,24,26,32,34-35,43-45H,11,16-17,19,22-23H2,1-10H3,(H,40,47)(H,41,46). The van der Waals surface area contributed by atoms with Crippen molar-refractivity contribution in [3.63, 3.8) is 0 Å². The highest BCUT2D eigenvalue weighted by molar-refractivity contribution is 5.93. The zero-order valence-electron chi connectivity index (χ0n) is 30.7. The molecule has 1 fully saturated rings. The number of likely N-dealkylation sites (N-methyl/N-ethyl adjacent to an activating group) is 1. The average Bonchev–Trinajstić information content (AvgIpc) is 3.02. The number of aryl methyl sites for hydroxylation is 1. The van der Waals surface area contributed by atoms with Crippen LogP contribution in [0.1, 0.15) is 107 Å². The topological polar surface area (TPSA) is 131 Å². The molecule has 5 atom stereocenters. The Morgan fingerprint density at radius 3 is 2.40 bits per heavy atom. The zero-order valence-corrected chi connectivity index (χ0v) is 30.7. The fourth-order valence-electron chi connectivity index (χ4n) is 5.96. The van der Waals surface area contributed by atoms with Crippen molar-refractivity contribution < 1.29 is 29.6 Å². The summed E-state index contributed by atoms with van der Waals surface area (Å²) in [5.74, 6) is -0.287. The molecule has 3 rings (SSSR count). The van der Waals surface area contributed by atoms with Crippen molar-refractivity contribution >= 4 is 17.9 Å². The van der Waals surface area contributed by atoms with Gasteiger partial charge in [0.25, 0.3) is 0 Å². The third-order valence-electron chi connectivity index (χ3n) is 9.81. The number of aromatic hydroxyl groups is 1. The molecule has 266 valence electrons. The van der Waals surface area contributed by atoms with E-state index >= 15 is 0 Å². The molecule has 9 heteroatoms. The number of carbonyl (C=O) groups excluding carboxylic acids is 2. The molecule has 0 saturated carbocycles. The Labute approximate surface area is 287 Å². The molecule has 0 aromatic heterocycles. The van der Waals surface area contributed by atoms with Crippen molar-refractivity contribution in [3.8, 4) is 5.75 Å². The van der Waals surface area contributed by atoms with Crippen LogP contribution in [0, 0.1) is 18.3 Å². The summed E-state index contributed by atoms with van der Waals surface area (Å²) in [6.45, 7) is 16.3. The third-order valence-corrected chi connectivity index (χ3v) is 9.81. The summed E-state index contributed by atoms with van der Waals surface area (Å²) in [7, 11) is 3.88. The summed E-state index contributed by atoms with van der Waals surface area (Å²) in [5, 5.41) is 37.4. The maximum atomic E-state index is 13.3. The molecular formula is C39H59N3O6. The van der Waals surface area contributed by atoms with Gasteiger partial charge in [-0.2, -0.15) is 0 Å². The van der Waals surface area contributed by atoms with E-state index in [0.717, 1.165) is 34.2 Å². The number of benzene rings is 2. The maximum absolute atomic E-state index is 13.3. The quantitative estimate of drug-likeness (QED) is 0.187. The lowest BCUT2D eigenvalue weighted by atomic mass is 9.84. The molecule has 0 bridgehead atoms. The normalized spacial score (nSPS) is 21.0. The van der Waals surface area contributed by atoms with Gasteiger partial charge in [-0.05, 0) is 107 Å². The number of hydrogen-bond donors (Lipinski definition) is 5. The first-order valence-corrected chi connectivity index (χ1v) is 17.2. The van der Waals surface area contributed by atoms with Crippen LogP contribution in [-0.2, 0) is 20.7 Å². The van der Waals surface area contributed by atoms with E-state index in [4.69, 9.17) is 4.74 Å². The SMILES string of the molecule is CCC(C)c1cc(O)c(C2CC(O)C(C)C(CO)O2)cc1Cc1ccc(C=CC(C)(C)C(=O)NC(C)(C)C(=O)NCCN(C)C)cc1C. The molecule has 5 N–H and O–H groups in total. The molecule has 1 aliphatic rings. The molecular weight excluding hydrogens is 606 g/mol. The monoisotopic (exact) mass is 665 g/mol. The molecule has 1 heterocycles. The van der Waals surface area contributed by atoms with Crippen molar-refractivity contribution in [3.05, 3.63) is 69.8 Å². The first-order chi connectivity index (χ1) is 22.4. The molecule has 2 aromatic rings. The van der Waals surface area contributed by atoms with Gasteiger partial charge in [0, 0.05) is 31.0 Å². The van der Waals surface area contributed by atoms with Gasteiger partial charge in [0.05, 0.1) is 30.3 Å². The van der Waals surface area contributed by atoms with Gasteiger partial charge in [-0.25, -0.2) is 0 Å². The summed E-state index contributed by atoms with van der Waals surface area (Å²) in [5.41, 5.74) is 4.07. The van der Waals surface area contributed by atoms with Crippen LogP contribution >= 0.6 is 0 Å². The van der Waals surface area contributed by atoms with Crippen LogP contribution in [-0.4, -0.2) is 83.6 Å². The molecule has 0 aliphatic carbocycles. The number of nitrogens with zero attached hydrogens (tertiary/aromatic N) is 1.